The Morgan fingerprint density at radius 2 is 1.96 bits per heavy atom. The Morgan fingerprint density at radius 1 is 1.25 bits per heavy atom. The molecule has 4 fully saturated rings. The van der Waals surface area contributed by atoms with Crippen LogP contribution in [-0.4, -0.2) is 43.9 Å². The van der Waals surface area contributed by atoms with Gasteiger partial charge in [-0.1, -0.05) is 6.07 Å². The average Bonchev–Trinajstić information content (AvgIpc) is 3.11. The molecule has 5 atom stereocenters. The maximum atomic E-state index is 13.0. The van der Waals surface area contributed by atoms with Crippen LogP contribution < -0.4 is 15.5 Å². The van der Waals surface area contributed by atoms with E-state index in [9.17, 15) is 9.59 Å². The zero-order valence-electron chi connectivity index (χ0n) is 16.7. The molecule has 0 aromatic carbocycles. The van der Waals surface area contributed by atoms with Gasteiger partial charge in [0.1, 0.15) is 6.04 Å². The molecule has 7 heteroatoms. The van der Waals surface area contributed by atoms with Crippen molar-refractivity contribution in [1.29, 1.82) is 0 Å². The monoisotopic (exact) mass is 424 g/mol. The Morgan fingerprint density at radius 3 is 2.54 bits per heavy atom. The van der Waals surface area contributed by atoms with Crippen molar-refractivity contribution in [1.82, 2.24) is 10.6 Å². The van der Waals surface area contributed by atoms with Gasteiger partial charge in [0.25, 0.3) is 0 Å². The first-order chi connectivity index (χ1) is 13.3. The molecule has 4 aliphatic rings. The Bertz CT molecular complexity index is 722. The summed E-state index contributed by atoms with van der Waals surface area (Å²) in [6, 6.07) is 4.36. The maximum Gasteiger partial charge on any atom is 0.239 e. The number of hydrogen-bond donors (Lipinski definition) is 3. The fourth-order valence-electron chi connectivity index (χ4n) is 6.12. The number of carbonyl (C=O) groups excluding carboxylic acids is 2. The molecule has 3 N–H and O–H groups in total. The highest BCUT2D eigenvalue weighted by Crippen LogP contribution is 2.63. The summed E-state index contributed by atoms with van der Waals surface area (Å²) in [7, 11) is 4.18. The number of rotatable bonds is 7. The number of halogens is 1. The second-order valence-electron chi connectivity index (χ2n) is 9.52. The molecule has 4 bridgehead atoms. The molecule has 0 radical (unpaired) electrons. The van der Waals surface area contributed by atoms with E-state index in [4.69, 9.17) is 11.6 Å². The fraction of sp³-hybridized carbons (Fsp3) is 0.714. The van der Waals surface area contributed by atoms with Crippen LogP contribution >= 0.6 is 22.9 Å². The first-order valence-corrected chi connectivity index (χ1v) is 11.6. The third-order valence-corrected chi connectivity index (χ3v) is 8.40. The summed E-state index contributed by atoms with van der Waals surface area (Å²) in [5.41, 5.74) is -0.348. The summed E-state index contributed by atoms with van der Waals surface area (Å²) in [5.74, 6) is 1.07. The summed E-state index contributed by atoms with van der Waals surface area (Å²) < 4.78 is 0. The SMILES string of the molecule is C[NH+](C)[C@H](CNC(=O)CNC(=O)C12C[C@@H]3C[C@@H](CC(Cl)(C3)C1)C2)c1cccs1. The highest BCUT2D eigenvalue weighted by atomic mass is 35.5. The Hall–Kier alpha value is -1.11. The van der Waals surface area contributed by atoms with E-state index in [2.05, 4.69) is 36.2 Å². The quantitative estimate of drug-likeness (QED) is 0.584. The normalized spacial score (nSPS) is 34.4. The highest BCUT2D eigenvalue weighted by molar-refractivity contribution is 7.10. The van der Waals surface area contributed by atoms with Gasteiger partial charge >= 0.3 is 0 Å². The van der Waals surface area contributed by atoms with Crippen LogP contribution in [0.2, 0.25) is 0 Å². The molecule has 2 unspecified atom stereocenters. The summed E-state index contributed by atoms with van der Waals surface area (Å²) in [5, 5.41) is 7.98. The minimum atomic E-state index is -0.348. The smallest absolute Gasteiger partial charge is 0.239 e. The van der Waals surface area contributed by atoms with Gasteiger partial charge in [-0.2, -0.15) is 0 Å². The van der Waals surface area contributed by atoms with E-state index in [0.29, 0.717) is 18.4 Å². The van der Waals surface area contributed by atoms with Gasteiger partial charge in [0.2, 0.25) is 11.8 Å². The number of hydrogen-bond acceptors (Lipinski definition) is 3. The summed E-state index contributed by atoms with van der Waals surface area (Å²) >= 11 is 8.54. The summed E-state index contributed by atoms with van der Waals surface area (Å²) in [6.45, 7) is 0.614. The number of likely N-dealkylation sites (N-methyl/N-ethyl adjacent to an activating group) is 1. The van der Waals surface area contributed by atoms with Gasteiger partial charge in [0.15, 0.2) is 0 Å². The average molecular weight is 425 g/mol. The van der Waals surface area contributed by atoms with Crippen LogP contribution in [0, 0.1) is 17.3 Å². The van der Waals surface area contributed by atoms with Crippen molar-refractivity contribution in [3.05, 3.63) is 22.4 Å². The first-order valence-electron chi connectivity index (χ1n) is 10.4. The van der Waals surface area contributed by atoms with E-state index in [-0.39, 0.29) is 34.7 Å². The maximum absolute atomic E-state index is 13.0. The lowest BCUT2D eigenvalue weighted by molar-refractivity contribution is -0.890. The predicted octanol–water partition coefficient (Wildman–Crippen LogP) is 1.74. The third-order valence-electron chi connectivity index (χ3n) is 6.97. The van der Waals surface area contributed by atoms with Gasteiger partial charge in [-0.15, -0.1) is 22.9 Å². The molecule has 154 valence electrons. The Balaban J connectivity index is 1.30. The van der Waals surface area contributed by atoms with E-state index in [0.717, 1.165) is 32.1 Å². The van der Waals surface area contributed by atoms with E-state index in [1.807, 2.05) is 6.07 Å². The lowest BCUT2D eigenvalue weighted by Gasteiger charge is -2.59. The van der Waals surface area contributed by atoms with E-state index < -0.39 is 0 Å². The topological polar surface area (TPSA) is 62.6 Å². The zero-order valence-corrected chi connectivity index (χ0v) is 18.3. The lowest BCUT2D eigenvalue weighted by Crippen LogP contribution is -3.06. The van der Waals surface area contributed by atoms with Gasteiger partial charge in [-0.25, -0.2) is 0 Å². The molecule has 1 heterocycles. The van der Waals surface area contributed by atoms with E-state index in [1.165, 1.54) is 16.2 Å². The molecule has 0 aliphatic heterocycles. The molecular formula is C21H31ClN3O2S+. The van der Waals surface area contributed by atoms with Crippen molar-refractivity contribution in [2.24, 2.45) is 17.3 Å². The van der Waals surface area contributed by atoms with Crippen molar-refractivity contribution in [2.75, 3.05) is 27.2 Å². The fourth-order valence-corrected chi connectivity index (χ4v) is 7.77. The number of alkyl halides is 1. The first kappa shape index (κ1) is 20.2. The number of quaternary nitrogens is 1. The van der Waals surface area contributed by atoms with Crippen molar-refractivity contribution >= 4 is 34.8 Å². The standard InChI is InChI=1S/C21H30ClN3O2S/c1-25(2)16(17-4-3-5-28-17)11-23-18(26)12-24-19(27)20-7-14-6-15(8-20)10-21(22,9-14)13-20/h3-5,14-16H,6-13H2,1-2H3,(H,23,26)(H,24,27)/p+1/t14-,15+,16-,20?,21?/m1/s1. The number of thiophene rings is 1. The van der Waals surface area contributed by atoms with Crippen molar-refractivity contribution < 1.29 is 14.5 Å². The van der Waals surface area contributed by atoms with Crippen LogP contribution in [0.25, 0.3) is 0 Å². The summed E-state index contributed by atoms with van der Waals surface area (Å²) in [4.78, 5) is 27.7. The van der Waals surface area contributed by atoms with Crippen molar-refractivity contribution in [3.63, 3.8) is 0 Å². The van der Waals surface area contributed by atoms with Crippen LogP contribution in [0.1, 0.15) is 49.4 Å². The van der Waals surface area contributed by atoms with Gasteiger partial charge in [-0.05, 0) is 61.8 Å². The molecule has 4 saturated carbocycles. The zero-order chi connectivity index (χ0) is 19.9. The van der Waals surface area contributed by atoms with Gasteiger partial charge in [0.05, 0.1) is 37.5 Å². The molecular weight excluding hydrogens is 394 g/mol. The molecule has 1 aromatic rings. The van der Waals surface area contributed by atoms with Crippen molar-refractivity contribution in [3.8, 4) is 0 Å². The van der Waals surface area contributed by atoms with Crippen molar-refractivity contribution in [2.45, 2.75) is 49.4 Å². The van der Waals surface area contributed by atoms with Crippen LogP contribution in [0.3, 0.4) is 0 Å². The van der Waals surface area contributed by atoms with E-state index >= 15 is 0 Å². The minimum absolute atomic E-state index is 0.0369. The second-order valence-corrected chi connectivity index (χ2v) is 11.3. The number of amides is 2. The molecule has 0 saturated heterocycles. The molecule has 5 rings (SSSR count). The molecule has 1 aromatic heterocycles. The number of nitrogens with one attached hydrogen (secondary N) is 3. The highest BCUT2D eigenvalue weighted by Gasteiger charge is 2.60. The van der Waals surface area contributed by atoms with Gasteiger partial charge in [0, 0.05) is 4.87 Å². The Kier molecular flexibility index (Phi) is 5.49. The lowest BCUT2D eigenvalue weighted by atomic mass is 9.49. The third kappa shape index (κ3) is 3.96. The summed E-state index contributed by atoms with van der Waals surface area (Å²) in [6.07, 6.45) is 5.98. The Labute approximate surface area is 176 Å². The van der Waals surface area contributed by atoms with Crippen LogP contribution in [0.15, 0.2) is 17.5 Å². The second kappa shape index (κ2) is 7.62. The molecule has 2 amide bonds. The number of carbonyl (C=O) groups is 2. The largest absolute Gasteiger partial charge is 0.348 e. The molecule has 5 nitrogen and oxygen atoms in total. The van der Waals surface area contributed by atoms with E-state index in [1.54, 1.807) is 11.3 Å². The predicted molar refractivity (Wildman–Crippen MR) is 112 cm³/mol. The minimum Gasteiger partial charge on any atom is -0.348 e. The van der Waals surface area contributed by atoms with Gasteiger partial charge < -0.3 is 15.5 Å². The molecule has 28 heavy (non-hydrogen) atoms. The van der Waals surface area contributed by atoms with Gasteiger partial charge in [-0.3, -0.25) is 9.59 Å². The molecule has 0 spiro atoms. The molecule has 4 aliphatic carbocycles. The van der Waals surface area contributed by atoms with Crippen LogP contribution in [0.5, 0.6) is 0 Å². The van der Waals surface area contributed by atoms with Crippen LogP contribution in [-0.2, 0) is 9.59 Å². The van der Waals surface area contributed by atoms with Crippen LogP contribution in [0.4, 0.5) is 0 Å².